The number of benzene rings is 2. The van der Waals surface area contributed by atoms with Crippen molar-refractivity contribution in [2.45, 2.75) is 6.92 Å². The summed E-state index contributed by atoms with van der Waals surface area (Å²) in [5.41, 5.74) is 4.64. The third-order valence-corrected chi connectivity index (χ3v) is 4.81. The molecule has 4 rings (SSSR count). The number of ether oxygens (including phenoxy) is 3. The van der Waals surface area contributed by atoms with Gasteiger partial charge in [0.05, 0.1) is 33.1 Å². The summed E-state index contributed by atoms with van der Waals surface area (Å²) >= 11 is 0. The van der Waals surface area contributed by atoms with E-state index in [-0.39, 0.29) is 0 Å². The van der Waals surface area contributed by atoms with Crippen molar-refractivity contribution in [2.75, 3.05) is 55.7 Å². The first-order valence-corrected chi connectivity index (χ1v) is 10.8. The van der Waals surface area contributed by atoms with E-state index in [4.69, 9.17) is 14.2 Å². The normalized spacial score (nSPS) is 13.7. The van der Waals surface area contributed by atoms with Gasteiger partial charge >= 0.3 is 0 Å². The predicted octanol–water partition coefficient (Wildman–Crippen LogP) is 3.31. The first kappa shape index (κ1) is 22.3. The standard InChI is InChI=1S/C23H27N7O3/c1-3-33-19-10-9-17(15-20(19)31-2)16-24-29-22-26-21(25-18-7-5-4-6-8-18)27-23(28-22)30-11-13-32-14-12-30/h4-10,15-16H,3,11-14H2,1-2H3,(H2,25,26,27,28,29). The van der Waals surface area contributed by atoms with Gasteiger partial charge in [-0.2, -0.15) is 20.1 Å². The summed E-state index contributed by atoms with van der Waals surface area (Å²) < 4.78 is 16.4. The summed E-state index contributed by atoms with van der Waals surface area (Å²) in [7, 11) is 1.61. The van der Waals surface area contributed by atoms with Crippen LogP contribution in [0.2, 0.25) is 0 Å². The van der Waals surface area contributed by atoms with Crippen molar-refractivity contribution in [3.63, 3.8) is 0 Å². The second-order valence-electron chi connectivity index (χ2n) is 7.09. The minimum atomic E-state index is 0.332. The molecule has 1 aromatic heterocycles. The molecule has 0 atom stereocenters. The summed E-state index contributed by atoms with van der Waals surface area (Å²) in [5, 5.41) is 7.52. The van der Waals surface area contributed by atoms with E-state index >= 15 is 0 Å². The quantitative estimate of drug-likeness (QED) is 0.376. The van der Waals surface area contributed by atoms with Crippen molar-refractivity contribution in [1.29, 1.82) is 0 Å². The number of aromatic nitrogens is 3. The first-order valence-electron chi connectivity index (χ1n) is 10.8. The van der Waals surface area contributed by atoms with Crippen LogP contribution in [0.15, 0.2) is 53.6 Å². The molecule has 0 aliphatic carbocycles. The Morgan fingerprint density at radius 3 is 2.58 bits per heavy atom. The summed E-state index contributed by atoms with van der Waals surface area (Å²) in [6, 6.07) is 15.3. The number of anilines is 4. The molecule has 172 valence electrons. The maximum absolute atomic E-state index is 5.56. The lowest BCUT2D eigenvalue weighted by Crippen LogP contribution is -2.37. The largest absolute Gasteiger partial charge is 0.493 e. The Labute approximate surface area is 192 Å². The molecule has 0 saturated carbocycles. The molecule has 0 spiro atoms. The molecule has 1 saturated heterocycles. The first-order chi connectivity index (χ1) is 16.2. The Bertz CT molecular complexity index is 1070. The Balaban J connectivity index is 1.53. The molecule has 1 fully saturated rings. The Kier molecular flexibility index (Phi) is 7.49. The van der Waals surface area contributed by atoms with E-state index in [0.29, 0.717) is 62.3 Å². The van der Waals surface area contributed by atoms with Crippen LogP contribution in [0.5, 0.6) is 11.5 Å². The molecular weight excluding hydrogens is 422 g/mol. The summed E-state index contributed by atoms with van der Waals surface area (Å²) in [5.74, 6) is 2.66. The van der Waals surface area contributed by atoms with Crippen LogP contribution in [-0.2, 0) is 4.74 Å². The number of rotatable bonds is 9. The Morgan fingerprint density at radius 2 is 1.82 bits per heavy atom. The minimum absolute atomic E-state index is 0.332. The SMILES string of the molecule is CCOc1ccc(C=NNc2nc(Nc3ccccc3)nc(N3CCOCC3)n2)cc1OC. The number of nitrogens with zero attached hydrogens (tertiary/aromatic N) is 5. The van der Waals surface area contributed by atoms with Crippen molar-refractivity contribution < 1.29 is 14.2 Å². The number of hydrogen-bond donors (Lipinski definition) is 2. The van der Waals surface area contributed by atoms with Crippen molar-refractivity contribution in [3.8, 4) is 11.5 Å². The highest BCUT2D eigenvalue weighted by molar-refractivity contribution is 5.81. The van der Waals surface area contributed by atoms with Crippen LogP contribution in [0.25, 0.3) is 0 Å². The maximum Gasteiger partial charge on any atom is 0.250 e. The molecule has 10 nitrogen and oxygen atoms in total. The lowest BCUT2D eigenvalue weighted by Gasteiger charge is -2.27. The van der Waals surface area contributed by atoms with Crippen molar-refractivity contribution in [1.82, 2.24) is 15.0 Å². The lowest BCUT2D eigenvalue weighted by atomic mass is 10.2. The molecule has 0 radical (unpaired) electrons. The highest BCUT2D eigenvalue weighted by atomic mass is 16.5. The third kappa shape index (κ3) is 6.07. The van der Waals surface area contributed by atoms with E-state index in [2.05, 4.69) is 35.7 Å². The van der Waals surface area contributed by atoms with Crippen LogP contribution in [0, 0.1) is 0 Å². The second-order valence-corrected chi connectivity index (χ2v) is 7.09. The van der Waals surface area contributed by atoms with Crippen LogP contribution in [0.4, 0.5) is 23.5 Å². The van der Waals surface area contributed by atoms with Crippen molar-refractivity contribution >= 4 is 29.7 Å². The van der Waals surface area contributed by atoms with Crippen LogP contribution in [0.1, 0.15) is 12.5 Å². The van der Waals surface area contributed by atoms with Gasteiger partial charge in [0.15, 0.2) is 11.5 Å². The van der Waals surface area contributed by atoms with Gasteiger partial charge in [-0.3, -0.25) is 0 Å². The molecule has 3 aromatic rings. The minimum Gasteiger partial charge on any atom is -0.493 e. The van der Waals surface area contributed by atoms with E-state index in [9.17, 15) is 0 Å². The van der Waals surface area contributed by atoms with Crippen LogP contribution < -0.4 is 25.1 Å². The molecule has 2 heterocycles. The Morgan fingerprint density at radius 1 is 1.03 bits per heavy atom. The Hall–Kier alpha value is -3.92. The fourth-order valence-electron chi connectivity index (χ4n) is 3.23. The molecule has 0 bridgehead atoms. The molecular formula is C23H27N7O3. The molecule has 1 aliphatic heterocycles. The van der Waals surface area contributed by atoms with Gasteiger partial charge < -0.3 is 24.4 Å². The fraction of sp³-hybridized carbons (Fsp3) is 0.304. The number of methoxy groups -OCH3 is 1. The van der Waals surface area contributed by atoms with Gasteiger partial charge in [0, 0.05) is 18.8 Å². The van der Waals surface area contributed by atoms with Crippen LogP contribution >= 0.6 is 0 Å². The van der Waals surface area contributed by atoms with Crippen molar-refractivity contribution in [2.24, 2.45) is 5.10 Å². The van der Waals surface area contributed by atoms with Gasteiger partial charge in [0.2, 0.25) is 17.8 Å². The molecule has 0 unspecified atom stereocenters. The van der Waals surface area contributed by atoms with E-state index in [1.54, 1.807) is 13.3 Å². The molecule has 33 heavy (non-hydrogen) atoms. The number of hydrogen-bond acceptors (Lipinski definition) is 10. The zero-order valence-corrected chi connectivity index (χ0v) is 18.7. The van der Waals surface area contributed by atoms with Crippen LogP contribution in [-0.4, -0.2) is 61.2 Å². The fourth-order valence-corrected chi connectivity index (χ4v) is 3.23. The molecule has 2 N–H and O–H groups in total. The number of hydrazone groups is 1. The second kappa shape index (κ2) is 11.1. The molecule has 1 aliphatic rings. The highest BCUT2D eigenvalue weighted by Gasteiger charge is 2.16. The van der Waals surface area contributed by atoms with E-state index < -0.39 is 0 Å². The summed E-state index contributed by atoms with van der Waals surface area (Å²) in [6.45, 7) is 5.18. The zero-order valence-electron chi connectivity index (χ0n) is 18.7. The molecule has 0 amide bonds. The molecule has 10 heteroatoms. The summed E-state index contributed by atoms with van der Waals surface area (Å²) in [6.07, 6.45) is 1.67. The van der Waals surface area contributed by atoms with Crippen molar-refractivity contribution in [3.05, 3.63) is 54.1 Å². The number of para-hydroxylation sites is 1. The van der Waals surface area contributed by atoms with Gasteiger partial charge in [0.25, 0.3) is 0 Å². The third-order valence-electron chi connectivity index (χ3n) is 4.81. The average molecular weight is 450 g/mol. The predicted molar refractivity (Wildman–Crippen MR) is 128 cm³/mol. The van der Waals surface area contributed by atoms with E-state index in [0.717, 1.165) is 11.3 Å². The highest BCUT2D eigenvalue weighted by Crippen LogP contribution is 2.27. The van der Waals surface area contributed by atoms with Gasteiger partial charge in [-0.25, -0.2) is 5.43 Å². The smallest absolute Gasteiger partial charge is 0.250 e. The summed E-state index contributed by atoms with van der Waals surface area (Å²) in [4.78, 5) is 15.7. The van der Waals surface area contributed by atoms with Crippen LogP contribution in [0.3, 0.4) is 0 Å². The lowest BCUT2D eigenvalue weighted by molar-refractivity contribution is 0.122. The van der Waals surface area contributed by atoms with Gasteiger partial charge in [-0.15, -0.1) is 0 Å². The van der Waals surface area contributed by atoms with E-state index in [1.807, 2.05) is 55.5 Å². The zero-order chi connectivity index (χ0) is 22.9. The number of nitrogens with one attached hydrogen (secondary N) is 2. The van der Waals surface area contributed by atoms with Gasteiger partial charge in [-0.1, -0.05) is 18.2 Å². The maximum atomic E-state index is 5.56. The topological polar surface area (TPSA) is 106 Å². The van der Waals surface area contributed by atoms with Gasteiger partial charge in [-0.05, 0) is 42.8 Å². The van der Waals surface area contributed by atoms with E-state index in [1.165, 1.54) is 0 Å². The average Bonchev–Trinajstić information content (AvgIpc) is 2.86. The molecule has 2 aromatic carbocycles. The number of morpholine rings is 1. The van der Waals surface area contributed by atoms with Gasteiger partial charge in [0.1, 0.15) is 0 Å². The monoisotopic (exact) mass is 449 g/mol.